The number of anilines is 1. The van der Waals surface area contributed by atoms with Crippen LogP contribution in [0, 0.1) is 11.7 Å². The summed E-state index contributed by atoms with van der Waals surface area (Å²) in [5.41, 5.74) is 9.15. The molecule has 2 heterocycles. The molecule has 1 aromatic carbocycles. The number of benzene rings is 1. The first-order valence-electron chi connectivity index (χ1n) is 9.87. The lowest BCUT2D eigenvalue weighted by atomic mass is 9.93. The summed E-state index contributed by atoms with van der Waals surface area (Å²) in [6, 6.07) is 9.75. The first kappa shape index (κ1) is 22.9. The topological polar surface area (TPSA) is 112 Å². The first-order chi connectivity index (χ1) is 14.9. The zero-order valence-electron chi connectivity index (χ0n) is 17.2. The van der Waals surface area contributed by atoms with E-state index < -0.39 is 0 Å². The molecular weight excluding hydrogens is 419 g/mol. The van der Waals surface area contributed by atoms with Gasteiger partial charge in [-0.15, -0.1) is 11.8 Å². The highest BCUT2D eigenvalue weighted by Crippen LogP contribution is 2.42. The fourth-order valence-corrected chi connectivity index (χ4v) is 4.39. The Morgan fingerprint density at radius 1 is 1.16 bits per heavy atom. The number of nitrogens with zero attached hydrogens (tertiary/aromatic N) is 3. The maximum absolute atomic E-state index is 13.5. The maximum atomic E-state index is 13.5. The molecular formula is C22H25FN4O3S. The number of nitrogens with two attached hydrogens (primary N) is 1. The Labute approximate surface area is 184 Å². The molecule has 0 fully saturated rings. The zero-order chi connectivity index (χ0) is 22.4. The van der Waals surface area contributed by atoms with Crippen LogP contribution in [-0.4, -0.2) is 63.1 Å². The van der Waals surface area contributed by atoms with Gasteiger partial charge in [-0.1, -0.05) is 6.92 Å². The Bertz CT molecular complexity index is 989. The molecule has 0 bridgehead atoms. The van der Waals surface area contributed by atoms with E-state index in [1.54, 1.807) is 24.4 Å². The fraction of sp³-hybridized carbons (Fsp3) is 0.318. The van der Waals surface area contributed by atoms with Crippen molar-refractivity contribution in [2.45, 2.75) is 6.92 Å². The molecule has 9 heteroatoms. The molecule has 4 N–H and O–H groups in total. The van der Waals surface area contributed by atoms with E-state index in [-0.39, 0.29) is 49.7 Å². The average molecular weight is 445 g/mol. The third-order valence-electron chi connectivity index (χ3n) is 4.93. The number of nitrogen functional groups attached to an aromatic ring is 1. The van der Waals surface area contributed by atoms with E-state index in [1.807, 2.05) is 13.0 Å². The number of aliphatic hydroxyl groups is 2. The van der Waals surface area contributed by atoms with Crippen LogP contribution < -0.4 is 5.73 Å². The van der Waals surface area contributed by atoms with Crippen molar-refractivity contribution in [2.24, 2.45) is 10.9 Å². The van der Waals surface area contributed by atoms with E-state index in [0.717, 1.165) is 21.7 Å². The lowest BCUT2D eigenvalue weighted by Gasteiger charge is -2.21. The molecule has 0 saturated carbocycles. The summed E-state index contributed by atoms with van der Waals surface area (Å²) >= 11 is 1.32. The molecule has 1 unspecified atom stereocenters. The van der Waals surface area contributed by atoms with Gasteiger partial charge in [0.2, 0.25) is 5.91 Å². The average Bonchev–Trinajstić information content (AvgIpc) is 3.08. The van der Waals surface area contributed by atoms with Gasteiger partial charge in [0.15, 0.2) is 0 Å². The molecule has 1 aliphatic heterocycles. The Kier molecular flexibility index (Phi) is 7.78. The summed E-state index contributed by atoms with van der Waals surface area (Å²) in [6.07, 6.45) is 1.63. The van der Waals surface area contributed by atoms with E-state index in [9.17, 15) is 9.18 Å². The van der Waals surface area contributed by atoms with Crippen molar-refractivity contribution in [2.75, 3.05) is 37.8 Å². The number of hydrogen-bond donors (Lipinski definition) is 3. The number of thioether (sulfide) groups is 1. The minimum atomic E-state index is -0.331. The van der Waals surface area contributed by atoms with Gasteiger partial charge in [0.25, 0.3) is 0 Å². The molecule has 0 spiro atoms. The molecule has 3 rings (SSSR count). The second-order valence-electron chi connectivity index (χ2n) is 7.03. The SMILES string of the molecule is CC1C(SCC(=O)N(CCO)CCO)=NC(c2ccc(F)cc2)=C1c1ccnc(N)c1. The van der Waals surface area contributed by atoms with Crippen molar-refractivity contribution in [3.8, 4) is 0 Å². The van der Waals surface area contributed by atoms with E-state index in [4.69, 9.17) is 20.9 Å². The van der Waals surface area contributed by atoms with Gasteiger partial charge in [0.1, 0.15) is 11.6 Å². The van der Waals surface area contributed by atoms with Gasteiger partial charge in [0.05, 0.1) is 29.7 Å². The molecule has 164 valence electrons. The van der Waals surface area contributed by atoms with Gasteiger partial charge < -0.3 is 20.8 Å². The summed E-state index contributed by atoms with van der Waals surface area (Å²) in [5.74, 6) is -0.111. The molecule has 1 aliphatic rings. The third kappa shape index (κ3) is 5.49. The van der Waals surface area contributed by atoms with Crippen LogP contribution in [0.25, 0.3) is 11.3 Å². The lowest BCUT2D eigenvalue weighted by molar-refractivity contribution is -0.129. The summed E-state index contributed by atoms with van der Waals surface area (Å²) in [4.78, 5) is 22.8. The van der Waals surface area contributed by atoms with Gasteiger partial charge in [0, 0.05) is 30.8 Å². The number of aliphatic imine (C=N–C) groups is 1. The van der Waals surface area contributed by atoms with Crippen LogP contribution in [0.3, 0.4) is 0 Å². The summed E-state index contributed by atoms with van der Waals surface area (Å²) in [5, 5.41) is 19.0. The van der Waals surface area contributed by atoms with Crippen LogP contribution in [-0.2, 0) is 4.79 Å². The lowest BCUT2D eigenvalue weighted by Crippen LogP contribution is -2.37. The normalized spacial score (nSPS) is 15.9. The Morgan fingerprint density at radius 2 is 1.84 bits per heavy atom. The monoisotopic (exact) mass is 444 g/mol. The van der Waals surface area contributed by atoms with Crippen molar-refractivity contribution in [3.05, 3.63) is 59.5 Å². The van der Waals surface area contributed by atoms with Gasteiger partial charge in [-0.25, -0.2) is 14.4 Å². The first-order valence-corrected chi connectivity index (χ1v) is 10.9. The second-order valence-corrected chi connectivity index (χ2v) is 8.02. The molecule has 1 aromatic heterocycles. The molecule has 0 aliphatic carbocycles. The minimum Gasteiger partial charge on any atom is -0.395 e. The maximum Gasteiger partial charge on any atom is 0.233 e. The Morgan fingerprint density at radius 3 is 2.45 bits per heavy atom. The van der Waals surface area contributed by atoms with Crippen LogP contribution in [0.4, 0.5) is 10.2 Å². The van der Waals surface area contributed by atoms with Crippen LogP contribution in [0.1, 0.15) is 18.1 Å². The number of aromatic nitrogens is 1. The predicted octanol–water partition coefficient (Wildman–Crippen LogP) is 2.27. The van der Waals surface area contributed by atoms with Crippen molar-refractivity contribution in [3.63, 3.8) is 0 Å². The highest BCUT2D eigenvalue weighted by Gasteiger charge is 2.29. The number of amides is 1. The molecule has 2 aromatic rings. The second kappa shape index (κ2) is 10.5. The smallest absolute Gasteiger partial charge is 0.233 e. The molecule has 0 radical (unpaired) electrons. The van der Waals surface area contributed by atoms with Gasteiger partial charge in [-0.2, -0.15) is 0 Å². The number of rotatable bonds is 8. The van der Waals surface area contributed by atoms with E-state index in [2.05, 4.69) is 4.98 Å². The summed E-state index contributed by atoms with van der Waals surface area (Å²) in [7, 11) is 0. The third-order valence-corrected chi connectivity index (χ3v) is 6.06. The molecule has 1 amide bonds. The highest BCUT2D eigenvalue weighted by molar-refractivity contribution is 8.14. The number of carbonyl (C=O) groups excluding carboxylic acids is 1. The summed E-state index contributed by atoms with van der Waals surface area (Å²) < 4.78 is 13.5. The molecule has 7 nitrogen and oxygen atoms in total. The number of halogens is 1. The molecule has 0 saturated heterocycles. The van der Waals surface area contributed by atoms with E-state index in [0.29, 0.717) is 11.5 Å². The van der Waals surface area contributed by atoms with E-state index >= 15 is 0 Å². The van der Waals surface area contributed by atoms with Gasteiger partial charge >= 0.3 is 0 Å². The van der Waals surface area contributed by atoms with Crippen LogP contribution in [0.15, 0.2) is 47.6 Å². The van der Waals surface area contributed by atoms with Crippen molar-refractivity contribution in [1.82, 2.24) is 9.88 Å². The molecule has 1 atom stereocenters. The standard InChI is InChI=1S/C22H25FN4O3S/c1-14-20(16-6-7-25-18(24)12-16)21(15-2-4-17(23)5-3-15)26-22(14)31-13-19(30)27(8-10-28)9-11-29/h2-7,12,14,28-29H,8-11,13H2,1H3,(H2,24,25). The van der Waals surface area contributed by atoms with Crippen molar-refractivity contribution < 1.29 is 19.4 Å². The van der Waals surface area contributed by atoms with E-state index in [1.165, 1.54) is 28.8 Å². The highest BCUT2D eigenvalue weighted by atomic mass is 32.2. The van der Waals surface area contributed by atoms with Crippen LogP contribution in [0.2, 0.25) is 0 Å². The van der Waals surface area contributed by atoms with Crippen LogP contribution >= 0.6 is 11.8 Å². The number of aliphatic hydroxyl groups excluding tert-OH is 2. The predicted molar refractivity (Wildman–Crippen MR) is 122 cm³/mol. The van der Waals surface area contributed by atoms with Gasteiger partial charge in [-0.3, -0.25) is 4.79 Å². The number of pyridine rings is 1. The Hall–Kier alpha value is -2.75. The minimum absolute atomic E-state index is 0.108. The number of carbonyl (C=O) groups is 1. The van der Waals surface area contributed by atoms with Crippen molar-refractivity contribution in [1.29, 1.82) is 0 Å². The van der Waals surface area contributed by atoms with Crippen LogP contribution in [0.5, 0.6) is 0 Å². The van der Waals surface area contributed by atoms with Crippen molar-refractivity contribution >= 4 is 39.8 Å². The molecule has 31 heavy (non-hydrogen) atoms. The zero-order valence-corrected chi connectivity index (χ0v) is 18.0. The van der Waals surface area contributed by atoms with Gasteiger partial charge in [-0.05, 0) is 47.5 Å². The quantitative estimate of drug-likeness (QED) is 0.576. The Balaban J connectivity index is 1.88. The fourth-order valence-electron chi connectivity index (χ4n) is 3.41. The largest absolute Gasteiger partial charge is 0.395 e. The number of allylic oxidation sites excluding steroid dienone is 1. The number of hydrogen-bond acceptors (Lipinski definition) is 7. The summed E-state index contributed by atoms with van der Waals surface area (Å²) in [6.45, 7) is 2.00.